The number of nitrogens with one attached hydrogen (secondary N) is 4. The van der Waals surface area contributed by atoms with Gasteiger partial charge in [-0.3, -0.25) is 46.1 Å². The first-order valence-corrected chi connectivity index (χ1v) is 42.1. The van der Waals surface area contributed by atoms with Crippen molar-refractivity contribution in [2.24, 2.45) is 23.7 Å². The first kappa shape index (κ1) is 88.9. The predicted molar refractivity (Wildman–Crippen MR) is 321 cm³/mol. The smallest absolute Gasteiger partial charge is 0.278 e. The number of amides is 4. The molecule has 10 rings (SSSR count). The maximum Gasteiger partial charge on any atom is 0.278 e. The van der Waals surface area contributed by atoms with Gasteiger partial charge in [0, 0.05) is 72.8 Å². The zero-order valence-electron chi connectivity index (χ0n) is 55.2. The highest BCUT2D eigenvalue weighted by Gasteiger charge is 2.58. The maximum atomic E-state index is 11.9. The lowest BCUT2D eigenvalue weighted by molar-refractivity contribution is -0.344. The van der Waals surface area contributed by atoms with Gasteiger partial charge in [0.05, 0.1) is 106 Å². The summed E-state index contributed by atoms with van der Waals surface area (Å²) in [5, 5.41) is 50.2. The van der Waals surface area contributed by atoms with E-state index in [1.807, 2.05) is 0 Å². The Morgan fingerprint density at radius 3 is 0.896 bits per heavy atom. The fraction of sp³-hybridized carbons (Fsp3) is 0.600. The summed E-state index contributed by atoms with van der Waals surface area (Å²) in [6.45, 7) is 19.3. The van der Waals surface area contributed by atoms with Gasteiger partial charge in [-0.25, -0.2) is 8.62 Å². The minimum Gasteiger partial charge on any atom is -0.790 e. The molecule has 4 aliphatic carbocycles. The van der Waals surface area contributed by atoms with Gasteiger partial charge >= 0.3 is 0 Å². The summed E-state index contributed by atoms with van der Waals surface area (Å²) in [4.78, 5) is 181. The fourth-order valence-electron chi connectivity index (χ4n) is 12.6. The highest BCUT2D eigenvalue weighted by Crippen LogP contribution is 2.62. The topological polar surface area (TPSA) is 734 Å². The zero-order valence-corrected chi connectivity index (χ0v) is 62.3. The van der Waals surface area contributed by atoms with E-state index >= 15 is 0 Å². The van der Waals surface area contributed by atoms with Crippen LogP contribution in [0.5, 0.6) is 0 Å². The predicted octanol–water partition coefficient (Wildman–Crippen LogP) is -9.03. The van der Waals surface area contributed by atoms with Crippen molar-refractivity contribution in [1.29, 1.82) is 0 Å². The number of aliphatic hydroxyl groups is 4. The Bertz CT molecular complexity index is 3910. The molecule has 2 saturated heterocycles. The van der Waals surface area contributed by atoms with Crippen molar-refractivity contribution in [3.8, 4) is 0 Å². The molecular formula is C50H68N8O40P8-12. The van der Waals surface area contributed by atoms with Gasteiger partial charge in [-0.05, 0) is 53.4 Å². The van der Waals surface area contributed by atoms with Crippen LogP contribution in [-0.4, -0.2) is 175 Å². The molecule has 106 heavy (non-hydrogen) atoms. The van der Waals surface area contributed by atoms with Crippen molar-refractivity contribution in [1.82, 2.24) is 40.9 Å². The number of rotatable bonds is 24. The van der Waals surface area contributed by atoms with E-state index in [1.54, 1.807) is 43.7 Å². The third-order valence-electron chi connectivity index (χ3n) is 16.5. The summed E-state index contributed by atoms with van der Waals surface area (Å²) in [5.41, 5.74) is 0. The van der Waals surface area contributed by atoms with Crippen molar-refractivity contribution in [3.05, 3.63) is 98.7 Å². The summed E-state index contributed by atoms with van der Waals surface area (Å²) in [5.74, 6) is -5.11. The van der Waals surface area contributed by atoms with E-state index in [1.165, 1.54) is 46.6 Å². The molecule has 6 heterocycles. The summed E-state index contributed by atoms with van der Waals surface area (Å²) in [7, 11) is -45.9. The Balaban J connectivity index is 0.000000199. The molecule has 20 unspecified atom stereocenters. The van der Waals surface area contributed by atoms with Gasteiger partial charge < -0.3 is 175 Å². The summed E-state index contributed by atoms with van der Waals surface area (Å²) >= 11 is 0. The van der Waals surface area contributed by atoms with Crippen LogP contribution in [0.4, 0.5) is 0 Å². The Morgan fingerprint density at radius 1 is 0.377 bits per heavy atom. The lowest BCUT2D eigenvalue weighted by atomic mass is 10.1. The average molecular weight is 1670 g/mol. The number of carbonyl (C=O) groups is 4. The lowest BCUT2D eigenvalue weighted by Gasteiger charge is -2.37. The number of ether oxygens (including phenoxy) is 4. The van der Waals surface area contributed by atoms with E-state index in [4.69, 9.17) is 18.9 Å². The van der Waals surface area contributed by atoms with E-state index in [2.05, 4.69) is 82.9 Å². The molecule has 0 aromatic rings. The molecule has 56 heteroatoms. The quantitative estimate of drug-likeness (QED) is 0.0416. The van der Waals surface area contributed by atoms with E-state index in [-0.39, 0.29) is 79.1 Å². The molecule has 20 atom stereocenters. The molecule has 600 valence electrons. The second-order valence-electron chi connectivity index (χ2n) is 25.1. The molecule has 0 aromatic carbocycles. The first-order valence-electron chi connectivity index (χ1n) is 30.4. The van der Waals surface area contributed by atoms with E-state index in [0.717, 1.165) is 6.08 Å². The van der Waals surface area contributed by atoms with Crippen molar-refractivity contribution < 1.29 is 189 Å². The van der Waals surface area contributed by atoms with Crippen LogP contribution in [0.25, 0.3) is 0 Å². The van der Waals surface area contributed by atoms with Crippen LogP contribution >= 0.6 is 62.6 Å². The first-order chi connectivity index (χ1) is 48.3. The summed E-state index contributed by atoms with van der Waals surface area (Å²) < 4.78 is 142. The molecule has 0 aromatic heterocycles. The van der Waals surface area contributed by atoms with Crippen LogP contribution < -0.4 is 80.0 Å². The normalized spacial score (nSPS) is 33.5. The number of carbonyl (C=O) groups excluding carboxylic acids is 4. The van der Waals surface area contributed by atoms with Crippen LogP contribution in [0.15, 0.2) is 98.7 Å². The van der Waals surface area contributed by atoms with Gasteiger partial charge in [0.1, 0.15) is 47.7 Å². The molecule has 0 radical (unpaired) electrons. The van der Waals surface area contributed by atoms with Gasteiger partial charge in [-0.2, -0.15) is 0 Å². The summed E-state index contributed by atoms with van der Waals surface area (Å²) in [6.07, 6.45) is 4.11. The van der Waals surface area contributed by atoms with Crippen LogP contribution in [0.1, 0.15) is 53.4 Å². The SMILES string of the molecule is C=C1NC(=O)C=CN1C1CC(COP(=O)([O-])OP(=O)([O-])OP(=O)([O-])[O-])C(O)C1O.C=C1NC(=O)C=CN1C1CC(COP(=O)([O-])OP(=O)([O-])OP(=O)([O-])[O-])C2OC(C)(C)OC21.C=C1NC(=O)C=CN1C1CC(COP(=O)([O-])[O-])C(O)C1O.C=C1NC(=O)C=CN1C1CC(COP(=O)([O-])[O-])C2OC(C)(C)OC21. The van der Waals surface area contributed by atoms with Crippen molar-refractivity contribution >= 4 is 86.2 Å². The Kier molecular flexibility index (Phi) is 28.5. The molecular weight excluding hydrogens is 1600 g/mol. The largest absolute Gasteiger partial charge is 0.790 e. The molecule has 4 saturated carbocycles. The van der Waals surface area contributed by atoms with Gasteiger partial charge in [0.2, 0.25) is 0 Å². The van der Waals surface area contributed by atoms with Crippen molar-refractivity contribution in [2.75, 3.05) is 26.4 Å². The molecule has 0 spiro atoms. The van der Waals surface area contributed by atoms with E-state index in [9.17, 15) is 135 Å². The second-order valence-corrected chi connectivity index (χ2v) is 35.9. The third kappa shape index (κ3) is 25.4. The molecule has 6 fully saturated rings. The number of phosphoric acid groups is 8. The monoisotopic (exact) mass is 1670 g/mol. The molecule has 48 nitrogen and oxygen atoms in total. The van der Waals surface area contributed by atoms with Crippen LogP contribution in [0.2, 0.25) is 0 Å². The lowest BCUT2D eigenvalue weighted by Crippen LogP contribution is -2.45. The van der Waals surface area contributed by atoms with Crippen LogP contribution in [0, 0.1) is 23.7 Å². The molecule has 6 aliphatic heterocycles. The number of phosphoric ester groups is 4. The van der Waals surface area contributed by atoms with E-state index < -0.39 is 178 Å². The van der Waals surface area contributed by atoms with Gasteiger partial charge in [-0.1, -0.05) is 26.3 Å². The zero-order chi connectivity index (χ0) is 79.8. The Labute approximate surface area is 600 Å². The number of hydrogen-bond donors (Lipinski definition) is 8. The highest BCUT2D eigenvalue weighted by atomic mass is 31.3. The highest BCUT2D eigenvalue weighted by molar-refractivity contribution is 7.65. The maximum absolute atomic E-state index is 11.9. The van der Waals surface area contributed by atoms with Gasteiger partial charge in [-0.15, -0.1) is 0 Å². The van der Waals surface area contributed by atoms with Crippen LogP contribution in [0.3, 0.4) is 0 Å². The Morgan fingerprint density at radius 2 is 0.623 bits per heavy atom. The van der Waals surface area contributed by atoms with Crippen molar-refractivity contribution in [3.63, 3.8) is 0 Å². The average Bonchev–Trinajstić information content (AvgIpc) is 1.60. The minimum absolute atomic E-state index is 0.0799. The van der Waals surface area contributed by atoms with Gasteiger partial charge in [0.25, 0.3) is 54.9 Å². The van der Waals surface area contributed by atoms with E-state index in [0.29, 0.717) is 12.2 Å². The van der Waals surface area contributed by atoms with Crippen molar-refractivity contribution in [2.45, 2.75) is 138 Å². The fourth-order valence-corrected chi connectivity index (χ4v) is 19.1. The van der Waals surface area contributed by atoms with Gasteiger partial charge in [0.15, 0.2) is 11.6 Å². The molecule has 8 N–H and O–H groups in total. The number of nitrogens with zero attached hydrogens (tertiary/aromatic N) is 4. The number of fused-ring (bicyclic) bond motifs is 2. The second kappa shape index (κ2) is 34.0. The van der Waals surface area contributed by atoms with Crippen LogP contribution in [-0.2, 0) is 110 Å². The standard InChI is InChI=1S/C14H23N2O13P3.C14H21N2O7P.C11H19N2O13P3.C11H17N2O7P/c1-8-15-11(17)4-5-16(8)10-6-9(12-13(10)27-14(2,3)26-12)7-25-31(21,22)29-32(23,24)28-30(18,19)20;1-8-15-11(17)4-5-16(8)10-6-9(7-21-24(18,19)20)12-13(10)23-14(2,3)22-12;1-6-12-9(14)2-3-13(6)8-4-7(10(15)11(8)16)5-24-28(20,21)26-29(22,23)25-27(17,18)19;1-6-12-9(14)2-3-13(6)8-4-7(10(15)11(8)16)5-20-21(17,18)19/h4-5,9-10,12-13H,1,6-7H2,2-3H3,(H,15,17)(H,21,22)(H,23,24)(H2,18,19,20);4-5,9-10,12-13H,1,6-7H2,2-3H3,(H,15,17)(H2,18,19,20);2-3,7-8,10-11,15-16H,1,4-5H2,(H,12,14)(H,20,21)(H,22,23)(H2,17,18,19);2-3,7-8,10-11,15-16H,1,4-5H2,(H,12,14)(H2,17,18,19)/p-12. The minimum atomic E-state index is -6.10. The third-order valence-corrected chi connectivity index (χ3v) is 24.8. The summed E-state index contributed by atoms with van der Waals surface area (Å²) in [6, 6.07) is -2.13. The number of aliphatic hydroxyl groups excluding tert-OH is 4. The number of hydrogen-bond acceptors (Lipinski definition) is 44. The Hall–Kier alpha value is -4.28. The molecule has 4 amide bonds. The molecule has 10 aliphatic rings. The molecule has 0 bridgehead atoms.